The number of benzene rings is 1. The highest BCUT2D eigenvalue weighted by Gasteiger charge is 2.11. The first kappa shape index (κ1) is 12.8. The Kier molecular flexibility index (Phi) is 3.79. The van der Waals surface area contributed by atoms with Crippen LogP contribution in [0.1, 0.15) is 27.0 Å². The number of aliphatic hydroxyl groups is 1. The molecular formula is C14H15NO2S. The van der Waals surface area contributed by atoms with Crippen molar-refractivity contribution in [3.05, 3.63) is 51.2 Å². The molecule has 0 spiro atoms. The van der Waals surface area contributed by atoms with Crippen LogP contribution in [-0.2, 0) is 6.61 Å². The third-order valence-electron chi connectivity index (χ3n) is 2.83. The Hall–Kier alpha value is -1.65. The second-order valence-electron chi connectivity index (χ2n) is 4.23. The number of nitrogens with one attached hydrogen (secondary N) is 1. The zero-order valence-corrected chi connectivity index (χ0v) is 11.2. The number of thiophene rings is 1. The molecular weight excluding hydrogens is 246 g/mol. The summed E-state index contributed by atoms with van der Waals surface area (Å²) < 4.78 is 0. The standard InChI is InChI=1S/C14H15NO2S/c1-9-3-4-11(6-16)5-13(9)15-14(17)12-8-18-7-10(12)2/h3-5,7-8,16H,6H2,1-2H3,(H,15,17). The van der Waals surface area contributed by atoms with Gasteiger partial charge in [-0.1, -0.05) is 12.1 Å². The summed E-state index contributed by atoms with van der Waals surface area (Å²) in [5, 5.41) is 15.8. The first-order chi connectivity index (χ1) is 8.61. The van der Waals surface area contributed by atoms with Gasteiger partial charge in [-0.2, -0.15) is 11.3 Å². The summed E-state index contributed by atoms with van der Waals surface area (Å²) in [6.45, 7) is 3.82. The van der Waals surface area contributed by atoms with Crippen LogP contribution in [0.5, 0.6) is 0 Å². The number of anilines is 1. The summed E-state index contributed by atoms with van der Waals surface area (Å²) >= 11 is 1.52. The Labute approximate surface area is 110 Å². The number of hydrogen-bond acceptors (Lipinski definition) is 3. The van der Waals surface area contributed by atoms with Gasteiger partial charge in [0.15, 0.2) is 0 Å². The fourth-order valence-corrected chi connectivity index (χ4v) is 2.51. The van der Waals surface area contributed by atoms with Gasteiger partial charge in [0.2, 0.25) is 0 Å². The molecule has 0 bridgehead atoms. The number of amides is 1. The Balaban J connectivity index is 2.24. The predicted octanol–water partition coefficient (Wildman–Crippen LogP) is 3.11. The van der Waals surface area contributed by atoms with Gasteiger partial charge in [-0.25, -0.2) is 0 Å². The van der Waals surface area contributed by atoms with Crippen LogP contribution in [-0.4, -0.2) is 11.0 Å². The minimum atomic E-state index is -0.105. The quantitative estimate of drug-likeness (QED) is 0.892. The van der Waals surface area contributed by atoms with Gasteiger partial charge in [-0.05, 0) is 42.0 Å². The van der Waals surface area contributed by atoms with Crippen molar-refractivity contribution >= 4 is 22.9 Å². The molecule has 0 radical (unpaired) electrons. The highest BCUT2D eigenvalue weighted by molar-refractivity contribution is 7.08. The minimum absolute atomic E-state index is 0.0272. The van der Waals surface area contributed by atoms with Gasteiger partial charge in [0.25, 0.3) is 5.91 Å². The van der Waals surface area contributed by atoms with E-state index in [4.69, 9.17) is 5.11 Å². The van der Waals surface area contributed by atoms with Gasteiger partial charge in [-0.15, -0.1) is 0 Å². The zero-order valence-electron chi connectivity index (χ0n) is 10.4. The lowest BCUT2D eigenvalue weighted by Crippen LogP contribution is -2.13. The fourth-order valence-electron chi connectivity index (χ4n) is 1.68. The van der Waals surface area contributed by atoms with E-state index < -0.39 is 0 Å². The van der Waals surface area contributed by atoms with E-state index in [0.717, 1.165) is 22.4 Å². The van der Waals surface area contributed by atoms with Crippen molar-refractivity contribution in [3.8, 4) is 0 Å². The average Bonchev–Trinajstić information content (AvgIpc) is 2.78. The summed E-state index contributed by atoms with van der Waals surface area (Å²) in [4.78, 5) is 12.1. The molecule has 0 aliphatic carbocycles. The van der Waals surface area contributed by atoms with Gasteiger partial charge in [0, 0.05) is 11.1 Å². The predicted molar refractivity (Wildman–Crippen MR) is 74.1 cm³/mol. The van der Waals surface area contributed by atoms with Crippen molar-refractivity contribution in [2.75, 3.05) is 5.32 Å². The van der Waals surface area contributed by atoms with Crippen molar-refractivity contribution in [1.29, 1.82) is 0 Å². The first-order valence-corrected chi connectivity index (χ1v) is 6.60. The lowest BCUT2D eigenvalue weighted by atomic mass is 10.1. The highest BCUT2D eigenvalue weighted by atomic mass is 32.1. The number of aryl methyl sites for hydroxylation is 2. The van der Waals surface area contributed by atoms with Crippen molar-refractivity contribution < 1.29 is 9.90 Å². The van der Waals surface area contributed by atoms with Crippen molar-refractivity contribution in [1.82, 2.24) is 0 Å². The molecule has 3 nitrogen and oxygen atoms in total. The van der Waals surface area contributed by atoms with Crippen LogP contribution in [0.15, 0.2) is 29.0 Å². The molecule has 1 amide bonds. The van der Waals surface area contributed by atoms with E-state index in [9.17, 15) is 4.79 Å². The molecule has 1 aromatic carbocycles. The topological polar surface area (TPSA) is 49.3 Å². The maximum Gasteiger partial charge on any atom is 0.256 e. The highest BCUT2D eigenvalue weighted by Crippen LogP contribution is 2.20. The molecule has 4 heteroatoms. The molecule has 2 aromatic rings. The van der Waals surface area contributed by atoms with Gasteiger partial charge in [-0.3, -0.25) is 4.79 Å². The molecule has 1 heterocycles. The Morgan fingerprint density at radius 1 is 1.28 bits per heavy atom. The van der Waals surface area contributed by atoms with Crippen LogP contribution in [0.3, 0.4) is 0 Å². The van der Waals surface area contributed by atoms with E-state index in [1.807, 2.05) is 36.7 Å². The summed E-state index contributed by atoms with van der Waals surface area (Å²) in [5.41, 5.74) is 4.20. The van der Waals surface area contributed by atoms with Crippen molar-refractivity contribution in [3.63, 3.8) is 0 Å². The van der Waals surface area contributed by atoms with Crippen LogP contribution in [0.25, 0.3) is 0 Å². The summed E-state index contributed by atoms with van der Waals surface area (Å²) in [6, 6.07) is 5.54. The average molecular weight is 261 g/mol. The largest absolute Gasteiger partial charge is 0.392 e. The molecule has 1 aromatic heterocycles. The van der Waals surface area contributed by atoms with E-state index in [1.165, 1.54) is 11.3 Å². The van der Waals surface area contributed by atoms with E-state index in [1.54, 1.807) is 6.07 Å². The van der Waals surface area contributed by atoms with Gasteiger partial charge in [0.1, 0.15) is 0 Å². The van der Waals surface area contributed by atoms with Crippen molar-refractivity contribution in [2.45, 2.75) is 20.5 Å². The zero-order chi connectivity index (χ0) is 13.1. The van der Waals surface area contributed by atoms with Crippen LogP contribution in [0.4, 0.5) is 5.69 Å². The number of rotatable bonds is 3. The summed E-state index contributed by atoms with van der Waals surface area (Å²) in [5.74, 6) is -0.105. The van der Waals surface area contributed by atoms with Crippen LogP contribution < -0.4 is 5.32 Å². The molecule has 0 atom stereocenters. The first-order valence-electron chi connectivity index (χ1n) is 5.66. The number of carbonyl (C=O) groups excluding carboxylic acids is 1. The third kappa shape index (κ3) is 2.60. The molecule has 0 saturated carbocycles. The lowest BCUT2D eigenvalue weighted by molar-refractivity contribution is 0.102. The van der Waals surface area contributed by atoms with E-state index in [2.05, 4.69) is 5.32 Å². The Morgan fingerprint density at radius 2 is 2.06 bits per heavy atom. The van der Waals surface area contributed by atoms with Crippen LogP contribution >= 0.6 is 11.3 Å². The molecule has 94 valence electrons. The van der Waals surface area contributed by atoms with Crippen LogP contribution in [0, 0.1) is 13.8 Å². The SMILES string of the molecule is Cc1ccc(CO)cc1NC(=O)c1cscc1C. The fraction of sp³-hybridized carbons (Fsp3) is 0.214. The maximum atomic E-state index is 12.1. The molecule has 0 fully saturated rings. The molecule has 0 aliphatic heterocycles. The molecule has 2 rings (SSSR count). The third-order valence-corrected chi connectivity index (χ3v) is 3.69. The molecule has 18 heavy (non-hydrogen) atoms. The number of aliphatic hydroxyl groups excluding tert-OH is 1. The normalized spacial score (nSPS) is 10.4. The molecule has 2 N–H and O–H groups in total. The van der Waals surface area contributed by atoms with E-state index >= 15 is 0 Å². The van der Waals surface area contributed by atoms with Gasteiger partial charge >= 0.3 is 0 Å². The smallest absolute Gasteiger partial charge is 0.256 e. The number of hydrogen-bond donors (Lipinski definition) is 2. The van der Waals surface area contributed by atoms with Gasteiger partial charge in [0.05, 0.1) is 12.2 Å². The Morgan fingerprint density at radius 3 is 2.67 bits per heavy atom. The molecule has 0 saturated heterocycles. The van der Waals surface area contributed by atoms with Crippen LogP contribution in [0.2, 0.25) is 0 Å². The summed E-state index contributed by atoms with van der Waals surface area (Å²) in [6.07, 6.45) is 0. The summed E-state index contributed by atoms with van der Waals surface area (Å²) in [7, 11) is 0. The molecule has 0 aliphatic rings. The second-order valence-corrected chi connectivity index (χ2v) is 4.97. The molecule has 0 unspecified atom stereocenters. The van der Waals surface area contributed by atoms with E-state index in [0.29, 0.717) is 5.56 Å². The minimum Gasteiger partial charge on any atom is -0.392 e. The maximum absolute atomic E-state index is 12.1. The van der Waals surface area contributed by atoms with Crippen molar-refractivity contribution in [2.24, 2.45) is 0 Å². The van der Waals surface area contributed by atoms with Gasteiger partial charge < -0.3 is 10.4 Å². The number of carbonyl (C=O) groups is 1. The Bertz CT molecular complexity index is 575. The second kappa shape index (κ2) is 5.33. The monoisotopic (exact) mass is 261 g/mol. The van der Waals surface area contributed by atoms with E-state index in [-0.39, 0.29) is 12.5 Å². The lowest BCUT2D eigenvalue weighted by Gasteiger charge is -2.09.